The van der Waals surface area contributed by atoms with Crippen LogP contribution in [0.1, 0.15) is 46.6 Å². The van der Waals surface area contributed by atoms with Crippen LogP contribution < -0.4 is 5.32 Å². The second-order valence-electron chi connectivity index (χ2n) is 7.89. The first-order chi connectivity index (χ1) is 15.6. The SMILES string of the molecule is Cc1ccc(NC(=O)Cc2nc(CSc3nnc(C4CC4)n3Cc3ccco3)cs2)cc1. The zero-order valence-corrected chi connectivity index (χ0v) is 19.3. The van der Waals surface area contributed by atoms with Crippen LogP contribution in [-0.2, 0) is 23.5 Å². The maximum atomic E-state index is 12.3. The number of thioether (sulfide) groups is 1. The predicted molar refractivity (Wildman–Crippen MR) is 125 cm³/mol. The number of benzene rings is 1. The molecule has 1 N–H and O–H groups in total. The molecule has 0 radical (unpaired) electrons. The quantitative estimate of drug-likeness (QED) is 0.349. The first-order valence-electron chi connectivity index (χ1n) is 10.5. The molecule has 5 rings (SSSR count). The van der Waals surface area contributed by atoms with Crippen LogP contribution >= 0.6 is 23.1 Å². The van der Waals surface area contributed by atoms with Gasteiger partial charge in [-0.1, -0.05) is 29.5 Å². The van der Waals surface area contributed by atoms with Crippen molar-refractivity contribution in [3.63, 3.8) is 0 Å². The molecule has 0 spiro atoms. The Hall–Kier alpha value is -2.91. The fourth-order valence-electron chi connectivity index (χ4n) is 3.37. The molecule has 32 heavy (non-hydrogen) atoms. The molecular formula is C23H23N5O2S2. The minimum atomic E-state index is -0.0605. The summed E-state index contributed by atoms with van der Waals surface area (Å²) in [6.45, 7) is 2.66. The summed E-state index contributed by atoms with van der Waals surface area (Å²) in [5, 5.41) is 15.5. The zero-order chi connectivity index (χ0) is 21.9. The highest BCUT2D eigenvalue weighted by atomic mass is 32.2. The first kappa shape index (κ1) is 21.0. The minimum Gasteiger partial charge on any atom is -0.467 e. The Morgan fingerprint density at radius 3 is 2.84 bits per heavy atom. The Kier molecular flexibility index (Phi) is 6.09. The molecular weight excluding hydrogens is 442 g/mol. The van der Waals surface area contributed by atoms with Crippen LogP contribution in [0.4, 0.5) is 5.69 Å². The third-order valence-corrected chi connectivity index (χ3v) is 7.08. The summed E-state index contributed by atoms with van der Waals surface area (Å²) in [5.41, 5.74) is 2.91. The third-order valence-electron chi connectivity index (χ3n) is 5.18. The lowest BCUT2D eigenvalue weighted by atomic mass is 10.2. The summed E-state index contributed by atoms with van der Waals surface area (Å²) in [5.74, 6) is 3.05. The molecule has 7 nitrogen and oxygen atoms in total. The Morgan fingerprint density at radius 1 is 1.25 bits per heavy atom. The summed E-state index contributed by atoms with van der Waals surface area (Å²) >= 11 is 3.13. The molecule has 1 aromatic carbocycles. The molecule has 0 unspecified atom stereocenters. The zero-order valence-electron chi connectivity index (χ0n) is 17.7. The molecule has 1 saturated carbocycles. The van der Waals surface area contributed by atoms with Crippen molar-refractivity contribution in [3.05, 3.63) is 75.9 Å². The molecule has 0 saturated heterocycles. The highest BCUT2D eigenvalue weighted by Crippen LogP contribution is 2.40. The molecule has 1 aliphatic carbocycles. The molecule has 3 aromatic heterocycles. The molecule has 0 aliphatic heterocycles. The van der Waals surface area contributed by atoms with Crippen molar-refractivity contribution in [2.24, 2.45) is 0 Å². The number of hydrogen-bond acceptors (Lipinski definition) is 7. The van der Waals surface area contributed by atoms with E-state index in [0.29, 0.717) is 18.2 Å². The molecule has 3 heterocycles. The van der Waals surface area contributed by atoms with Crippen molar-refractivity contribution in [2.45, 2.75) is 49.6 Å². The van der Waals surface area contributed by atoms with E-state index < -0.39 is 0 Å². The van der Waals surface area contributed by atoms with Gasteiger partial charge in [-0.15, -0.1) is 21.5 Å². The van der Waals surface area contributed by atoms with Gasteiger partial charge in [-0.2, -0.15) is 0 Å². The molecule has 9 heteroatoms. The van der Waals surface area contributed by atoms with Gasteiger partial charge in [-0.25, -0.2) is 4.98 Å². The highest BCUT2D eigenvalue weighted by molar-refractivity contribution is 7.98. The monoisotopic (exact) mass is 465 g/mol. The van der Waals surface area contributed by atoms with Crippen LogP contribution in [0.5, 0.6) is 0 Å². The number of amides is 1. The predicted octanol–water partition coefficient (Wildman–Crippen LogP) is 5.04. The third kappa shape index (κ3) is 5.11. The number of aryl methyl sites for hydroxylation is 1. The van der Waals surface area contributed by atoms with Crippen molar-refractivity contribution in [3.8, 4) is 0 Å². The van der Waals surface area contributed by atoms with Gasteiger partial charge in [-0.3, -0.25) is 9.36 Å². The van der Waals surface area contributed by atoms with Crippen molar-refractivity contribution in [1.82, 2.24) is 19.7 Å². The maximum absolute atomic E-state index is 12.3. The molecule has 1 amide bonds. The maximum Gasteiger partial charge on any atom is 0.231 e. The lowest BCUT2D eigenvalue weighted by molar-refractivity contribution is -0.115. The van der Waals surface area contributed by atoms with Crippen molar-refractivity contribution >= 4 is 34.7 Å². The second kappa shape index (κ2) is 9.30. The van der Waals surface area contributed by atoms with E-state index in [0.717, 1.165) is 38.7 Å². The number of carbonyl (C=O) groups is 1. The van der Waals surface area contributed by atoms with E-state index in [1.54, 1.807) is 18.0 Å². The molecule has 1 fully saturated rings. The van der Waals surface area contributed by atoms with Crippen LogP contribution in [0.2, 0.25) is 0 Å². The number of thiazole rings is 1. The average molecular weight is 466 g/mol. The Bertz CT molecular complexity index is 1190. The Labute approximate surface area is 194 Å². The van der Waals surface area contributed by atoms with Crippen molar-refractivity contribution in [1.29, 1.82) is 0 Å². The molecule has 0 atom stereocenters. The summed E-state index contributed by atoms with van der Waals surface area (Å²) in [6.07, 6.45) is 4.29. The molecule has 164 valence electrons. The van der Waals surface area contributed by atoms with Crippen LogP contribution in [-0.4, -0.2) is 25.7 Å². The number of nitrogens with zero attached hydrogens (tertiary/aromatic N) is 4. The lowest BCUT2D eigenvalue weighted by Crippen LogP contribution is -2.14. The highest BCUT2D eigenvalue weighted by Gasteiger charge is 2.30. The van der Waals surface area contributed by atoms with E-state index in [4.69, 9.17) is 4.42 Å². The summed E-state index contributed by atoms with van der Waals surface area (Å²) in [4.78, 5) is 17.0. The number of hydrogen-bond donors (Lipinski definition) is 1. The van der Waals surface area contributed by atoms with E-state index >= 15 is 0 Å². The minimum absolute atomic E-state index is 0.0605. The fourth-order valence-corrected chi connectivity index (χ4v) is 5.11. The van der Waals surface area contributed by atoms with Gasteiger partial charge in [0.05, 0.1) is 24.9 Å². The number of anilines is 1. The van der Waals surface area contributed by atoms with Gasteiger partial charge >= 0.3 is 0 Å². The Balaban J connectivity index is 1.20. The van der Waals surface area contributed by atoms with Gasteiger partial charge in [-0.05, 0) is 44.0 Å². The number of aromatic nitrogens is 4. The lowest BCUT2D eigenvalue weighted by Gasteiger charge is -2.07. The van der Waals surface area contributed by atoms with Gasteiger partial charge in [0.15, 0.2) is 5.16 Å². The van der Waals surface area contributed by atoms with Crippen molar-refractivity contribution < 1.29 is 9.21 Å². The van der Waals surface area contributed by atoms with Crippen LogP contribution in [0.3, 0.4) is 0 Å². The van der Waals surface area contributed by atoms with Gasteiger partial charge in [0.25, 0.3) is 0 Å². The van der Waals surface area contributed by atoms with Gasteiger partial charge in [0.2, 0.25) is 5.91 Å². The van der Waals surface area contributed by atoms with Crippen LogP contribution in [0.15, 0.2) is 57.6 Å². The first-order valence-corrected chi connectivity index (χ1v) is 12.4. The van der Waals surface area contributed by atoms with Crippen LogP contribution in [0, 0.1) is 6.92 Å². The van der Waals surface area contributed by atoms with E-state index in [9.17, 15) is 4.79 Å². The van der Waals surface area contributed by atoms with Gasteiger partial charge in [0, 0.05) is 22.7 Å². The van der Waals surface area contributed by atoms with Crippen molar-refractivity contribution in [2.75, 3.05) is 5.32 Å². The van der Waals surface area contributed by atoms with E-state index in [-0.39, 0.29) is 12.3 Å². The second-order valence-corrected chi connectivity index (χ2v) is 9.78. The summed E-state index contributed by atoms with van der Waals surface area (Å²) in [7, 11) is 0. The van der Waals surface area contributed by atoms with Gasteiger partial charge < -0.3 is 9.73 Å². The number of nitrogens with one attached hydrogen (secondary N) is 1. The smallest absolute Gasteiger partial charge is 0.231 e. The van der Waals surface area contributed by atoms with E-state index in [2.05, 4.69) is 25.1 Å². The number of carbonyl (C=O) groups excluding carboxylic acids is 1. The van der Waals surface area contributed by atoms with Crippen LogP contribution in [0.25, 0.3) is 0 Å². The molecule has 1 aliphatic rings. The standard InChI is InChI=1S/C23H23N5O2S2/c1-15-4-8-17(9-5-15)24-20(29)11-21-25-18(13-31-21)14-32-23-27-26-22(16-6-7-16)28(23)12-19-3-2-10-30-19/h2-5,8-10,13,16H,6-7,11-12,14H2,1H3,(H,24,29). The molecule has 4 aromatic rings. The normalized spacial score (nSPS) is 13.4. The number of rotatable bonds is 9. The topological polar surface area (TPSA) is 85.8 Å². The fraction of sp³-hybridized carbons (Fsp3) is 0.304. The largest absolute Gasteiger partial charge is 0.467 e. The van der Waals surface area contributed by atoms with E-state index in [1.807, 2.05) is 48.7 Å². The average Bonchev–Trinajstić information content (AvgIpc) is 3.14. The van der Waals surface area contributed by atoms with E-state index in [1.165, 1.54) is 24.2 Å². The molecule has 0 bridgehead atoms. The summed E-state index contributed by atoms with van der Waals surface area (Å²) < 4.78 is 7.69. The Morgan fingerprint density at radius 2 is 2.09 bits per heavy atom. The number of furan rings is 1. The van der Waals surface area contributed by atoms with Gasteiger partial charge in [0.1, 0.15) is 16.6 Å². The summed E-state index contributed by atoms with van der Waals surface area (Å²) in [6, 6.07) is 11.6.